The SMILES string of the molecule is COC(=O)C1=C(C)Oc2c(Br)cccc2C1C. The van der Waals surface area contributed by atoms with Gasteiger partial charge in [0.25, 0.3) is 0 Å². The van der Waals surface area contributed by atoms with Gasteiger partial charge in [0.1, 0.15) is 11.5 Å². The summed E-state index contributed by atoms with van der Waals surface area (Å²) in [7, 11) is 1.38. The van der Waals surface area contributed by atoms with Crippen LogP contribution in [0.5, 0.6) is 5.75 Å². The minimum atomic E-state index is -0.333. The van der Waals surface area contributed by atoms with Crippen LogP contribution in [0, 0.1) is 0 Å². The maximum absolute atomic E-state index is 11.7. The topological polar surface area (TPSA) is 35.5 Å². The van der Waals surface area contributed by atoms with Gasteiger partial charge < -0.3 is 9.47 Å². The summed E-state index contributed by atoms with van der Waals surface area (Å²) >= 11 is 3.45. The average molecular weight is 297 g/mol. The van der Waals surface area contributed by atoms with Gasteiger partial charge in [-0.1, -0.05) is 19.1 Å². The van der Waals surface area contributed by atoms with Crippen LogP contribution < -0.4 is 4.74 Å². The Morgan fingerprint density at radius 3 is 2.82 bits per heavy atom. The Balaban J connectivity index is 2.53. The van der Waals surface area contributed by atoms with Gasteiger partial charge in [0.2, 0.25) is 0 Å². The second-order valence-electron chi connectivity index (χ2n) is 3.94. The summed E-state index contributed by atoms with van der Waals surface area (Å²) in [5, 5.41) is 0. The average Bonchev–Trinajstić information content (AvgIpc) is 2.30. The monoisotopic (exact) mass is 296 g/mol. The minimum absolute atomic E-state index is 0.0244. The van der Waals surface area contributed by atoms with Gasteiger partial charge in [0.05, 0.1) is 17.2 Å². The number of allylic oxidation sites excluding steroid dienone is 1. The zero-order chi connectivity index (χ0) is 12.6. The van der Waals surface area contributed by atoms with Crippen molar-refractivity contribution in [3.05, 3.63) is 39.6 Å². The number of hydrogen-bond acceptors (Lipinski definition) is 3. The summed E-state index contributed by atoms with van der Waals surface area (Å²) in [5.41, 5.74) is 1.57. The zero-order valence-electron chi connectivity index (χ0n) is 9.91. The van der Waals surface area contributed by atoms with Crippen LogP contribution in [0.15, 0.2) is 34.0 Å². The molecule has 1 aliphatic rings. The fraction of sp³-hybridized carbons (Fsp3) is 0.308. The van der Waals surface area contributed by atoms with Crippen molar-refractivity contribution in [2.24, 2.45) is 0 Å². The third-order valence-corrected chi connectivity index (χ3v) is 3.56. The molecule has 0 N–H and O–H groups in total. The van der Waals surface area contributed by atoms with E-state index < -0.39 is 0 Å². The van der Waals surface area contributed by atoms with Crippen LogP contribution in [0.1, 0.15) is 25.3 Å². The summed E-state index contributed by atoms with van der Waals surface area (Å²) in [5.74, 6) is 1.03. The maximum Gasteiger partial charge on any atom is 0.337 e. The number of hydrogen-bond donors (Lipinski definition) is 0. The molecule has 0 amide bonds. The number of ether oxygens (including phenoxy) is 2. The molecule has 1 aromatic carbocycles. The number of fused-ring (bicyclic) bond motifs is 1. The molecule has 0 aromatic heterocycles. The summed E-state index contributed by atoms with van der Waals surface area (Å²) < 4.78 is 11.4. The zero-order valence-corrected chi connectivity index (χ0v) is 11.5. The van der Waals surface area contributed by atoms with Crippen molar-refractivity contribution in [2.45, 2.75) is 19.8 Å². The number of para-hydroxylation sites is 1. The van der Waals surface area contributed by atoms with Gasteiger partial charge in [-0.05, 0) is 28.9 Å². The first-order valence-electron chi connectivity index (χ1n) is 5.31. The molecule has 0 saturated carbocycles. The van der Waals surface area contributed by atoms with Crippen LogP contribution >= 0.6 is 15.9 Å². The minimum Gasteiger partial charge on any atom is -0.466 e. The molecule has 0 bridgehead atoms. The van der Waals surface area contributed by atoms with Crippen molar-refractivity contribution in [1.29, 1.82) is 0 Å². The van der Waals surface area contributed by atoms with Gasteiger partial charge >= 0.3 is 5.97 Å². The van der Waals surface area contributed by atoms with Gasteiger partial charge in [-0.3, -0.25) is 0 Å². The third kappa shape index (κ3) is 1.97. The van der Waals surface area contributed by atoms with E-state index in [1.54, 1.807) is 6.92 Å². The number of benzene rings is 1. The summed E-state index contributed by atoms with van der Waals surface area (Å²) in [6.07, 6.45) is 0. The van der Waals surface area contributed by atoms with Gasteiger partial charge in [-0.2, -0.15) is 0 Å². The summed E-state index contributed by atoms with van der Waals surface area (Å²) in [6, 6.07) is 5.81. The van der Waals surface area contributed by atoms with E-state index in [1.807, 2.05) is 25.1 Å². The molecule has 0 radical (unpaired) electrons. The predicted molar refractivity (Wildman–Crippen MR) is 67.9 cm³/mol. The first kappa shape index (κ1) is 12.2. The molecule has 1 aliphatic heterocycles. The lowest BCUT2D eigenvalue weighted by molar-refractivity contribution is -0.136. The van der Waals surface area contributed by atoms with E-state index in [-0.39, 0.29) is 11.9 Å². The second-order valence-corrected chi connectivity index (χ2v) is 4.80. The molecule has 0 saturated heterocycles. The van der Waals surface area contributed by atoms with Crippen molar-refractivity contribution < 1.29 is 14.3 Å². The van der Waals surface area contributed by atoms with E-state index in [1.165, 1.54) is 7.11 Å². The Morgan fingerprint density at radius 1 is 1.47 bits per heavy atom. The standard InChI is InChI=1S/C13H13BrO3/c1-7-9-5-4-6-10(14)12(9)17-8(2)11(7)13(15)16-3/h4-7H,1-3H3. The molecule has 17 heavy (non-hydrogen) atoms. The first-order valence-corrected chi connectivity index (χ1v) is 6.11. The number of rotatable bonds is 1. The van der Waals surface area contributed by atoms with Crippen LogP contribution in [0.2, 0.25) is 0 Å². The molecular weight excluding hydrogens is 284 g/mol. The van der Waals surface area contributed by atoms with Crippen LogP contribution in [0.4, 0.5) is 0 Å². The molecule has 3 nitrogen and oxygen atoms in total. The van der Waals surface area contributed by atoms with E-state index in [2.05, 4.69) is 15.9 Å². The molecule has 0 fully saturated rings. The Bertz CT molecular complexity index is 505. The van der Waals surface area contributed by atoms with Crippen molar-refractivity contribution in [1.82, 2.24) is 0 Å². The molecule has 1 heterocycles. The van der Waals surface area contributed by atoms with Crippen LogP contribution in [-0.4, -0.2) is 13.1 Å². The maximum atomic E-state index is 11.7. The van der Waals surface area contributed by atoms with Crippen LogP contribution in [0.3, 0.4) is 0 Å². The molecule has 0 spiro atoms. The van der Waals surface area contributed by atoms with E-state index in [9.17, 15) is 4.79 Å². The van der Waals surface area contributed by atoms with E-state index >= 15 is 0 Å². The highest BCUT2D eigenvalue weighted by Crippen LogP contribution is 2.42. The van der Waals surface area contributed by atoms with Gasteiger partial charge in [-0.25, -0.2) is 4.79 Å². The predicted octanol–water partition coefficient (Wildman–Crippen LogP) is 3.39. The highest BCUT2D eigenvalue weighted by atomic mass is 79.9. The lowest BCUT2D eigenvalue weighted by atomic mass is 9.89. The Labute approximate surface area is 109 Å². The smallest absolute Gasteiger partial charge is 0.337 e. The number of methoxy groups -OCH3 is 1. The first-order chi connectivity index (χ1) is 8.06. The number of carbonyl (C=O) groups excluding carboxylic acids is 1. The van der Waals surface area contributed by atoms with Gasteiger partial charge in [0.15, 0.2) is 0 Å². The normalized spacial score (nSPS) is 18.5. The Morgan fingerprint density at radius 2 is 2.18 bits per heavy atom. The van der Waals surface area contributed by atoms with Crippen LogP contribution in [0.25, 0.3) is 0 Å². The van der Waals surface area contributed by atoms with Crippen molar-refractivity contribution in [2.75, 3.05) is 7.11 Å². The highest BCUT2D eigenvalue weighted by molar-refractivity contribution is 9.10. The van der Waals surface area contributed by atoms with Crippen molar-refractivity contribution >= 4 is 21.9 Å². The molecule has 0 aliphatic carbocycles. The molecule has 90 valence electrons. The van der Waals surface area contributed by atoms with E-state index in [0.29, 0.717) is 11.3 Å². The number of esters is 1. The molecular formula is C13H13BrO3. The lowest BCUT2D eigenvalue weighted by Crippen LogP contribution is -2.20. The van der Waals surface area contributed by atoms with E-state index in [4.69, 9.17) is 9.47 Å². The molecule has 2 rings (SSSR count). The number of halogens is 1. The molecule has 1 unspecified atom stereocenters. The van der Waals surface area contributed by atoms with Gasteiger partial charge in [0, 0.05) is 11.5 Å². The van der Waals surface area contributed by atoms with E-state index in [0.717, 1.165) is 15.8 Å². The quantitative estimate of drug-likeness (QED) is 0.745. The van der Waals surface area contributed by atoms with Crippen molar-refractivity contribution in [3.8, 4) is 5.75 Å². The number of carbonyl (C=O) groups is 1. The molecule has 4 heteroatoms. The fourth-order valence-corrected chi connectivity index (χ4v) is 2.54. The summed E-state index contributed by atoms with van der Waals surface area (Å²) in [6.45, 7) is 3.76. The second kappa shape index (κ2) is 4.53. The van der Waals surface area contributed by atoms with Crippen LogP contribution in [-0.2, 0) is 9.53 Å². The Kier molecular flexibility index (Phi) is 3.24. The largest absolute Gasteiger partial charge is 0.466 e. The highest BCUT2D eigenvalue weighted by Gasteiger charge is 2.30. The molecule has 1 aromatic rings. The van der Waals surface area contributed by atoms with Crippen molar-refractivity contribution in [3.63, 3.8) is 0 Å². The van der Waals surface area contributed by atoms with Gasteiger partial charge in [-0.15, -0.1) is 0 Å². The lowest BCUT2D eigenvalue weighted by Gasteiger charge is -2.26. The fourth-order valence-electron chi connectivity index (χ4n) is 2.07. The third-order valence-electron chi connectivity index (χ3n) is 2.94. The Hall–Kier alpha value is -1.29. The summed E-state index contributed by atoms with van der Waals surface area (Å²) in [4.78, 5) is 11.7. The molecule has 1 atom stereocenters.